The van der Waals surface area contributed by atoms with Crippen molar-refractivity contribution in [2.24, 2.45) is 5.73 Å². The van der Waals surface area contributed by atoms with Crippen molar-refractivity contribution in [3.8, 4) is 0 Å². The molecule has 1 aliphatic heterocycles. The second-order valence-electron chi connectivity index (χ2n) is 4.47. The Balaban J connectivity index is 2.35. The Bertz CT molecular complexity index is 178. The molecule has 0 aliphatic carbocycles. The van der Waals surface area contributed by atoms with Crippen molar-refractivity contribution in [2.45, 2.75) is 38.3 Å². The van der Waals surface area contributed by atoms with Gasteiger partial charge in [0.05, 0.1) is 12.7 Å². The van der Waals surface area contributed by atoms with Gasteiger partial charge in [-0.25, -0.2) is 0 Å². The van der Waals surface area contributed by atoms with Crippen molar-refractivity contribution in [3.63, 3.8) is 0 Å². The van der Waals surface area contributed by atoms with Crippen molar-refractivity contribution in [3.05, 3.63) is 0 Å². The average molecular weight is 230 g/mol. The molecule has 0 radical (unpaired) electrons. The van der Waals surface area contributed by atoms with Crippen LogP contribution in [0.4, 0.5) is 0 Å². The van der Waals surface area contributed by atoms with Crippen LogP contribution in [0.15, 0.2) is 0 Å². The summed E-state index contributed by atoms with van der Waals surface area (Å²) < 4.78 is 11.0. The highest BCUT2D eigenvalue weighted by atomic mass is 16.5. The molecule has 1 aliphatic rings. The number of likely N-dealkylation sites (tertiary alicyclic amines) is 1. The maximum absolute atomic E-state index is 5.81. The first-order chi connectivity index (χ1) is 7.81. The first-order valence-corrected chi connectivity index (χ1v) is 6.36. The molecule has 0 aromatic carbocycles. The molecule has 4 heteroatoms. The highest BCUT2D eigenvalue weighted by Crippen LogP contribution is 2.15. The topological polar surface area (TPSA) is 47.7 Å². The Morgan fingerprint density at radius 2 is 2.31 bits per heavy atom. The minimum absolute atomic E-state index is 0.345. The van der Waals surface area contributed by atoms with Gasteiger partial charge in [0.2, 0.25) is 0 Å². The highest BCUT2D eigenvalue weighted by Gasteiger charge is 2.25. The average Bonchev–Trinajstić information content (AvgIpc) is 2.33. The predicted octanol–water partition coefficient (Wildman–Crippen LogP) is 0.851. The van der Waals surface area contributed by atoms with Crippen LogP contribution >= 0.6 is 0 Å². The lowest BCUT2D eigenvalue weighted by Crippen LogP contribution is -2.50. The van der Waals surface area contributed by atoms with E-state index in [0.717, 1.165) is 32.7 Å². The third-order valence-corrected chi connectivity index (χ3v) is 3.11. The molecule has 0 saturated carbocycles. The zero-order chi connectivity index (χ0) is 11.8. The number of hydrogen-bond donors (Lipinski definition) is 1. The van der Waals surface area contributed by atoms with Crippen molar-refractivity contribution in [1.29, 1.82) is 0 Å². The van der Waals surface area contributed by atoms with E-state index in [-0.39, 0.29) is 0 Å². The SMILES string of the molecule is CCCOC1CCCN(C(CN)COC)C1. The van der Waals surface area contributed by atoms with Gasteiger partial charge < -0.3 is 15.2 Å². The Morgan fingerprint density at radius 3 is 2.94 bits per heavy atom. The van der Waals surface area contributed by atoms with E-state index in [0.29, 0.717) is 18.7 Å². The van der Waals surface area contributed by atoms with Gasteiger partial charge in [0.1, 0.15) is 0 Å². The zero-order valence-electron chi connectivity index (χ0n) is 10.7. The Hall–Kier alpha value is -0.160. The largest absolute Gasteiger partial charge is 0.383 e. The van der Waals surface area contributed by atoms with Gasteiger partial charge in [-0.3, -0.25) is 4.90 Å². The second kappa shape index (κ2) is 8.01. The minimum atomic E-state index is 0.345. The first-order valence-electron chi connectivity index (χ1n) is 6.36. The van der Waals surface area contributed by atoms with E-state index >= 15 is 0 Å². The van der Waals surface area contributed by atoms with Crippen LogP contribution in [0.1, 0.15) is 26.2 Å². The number of nitrogens with zero attached hydrogens (tertiary/aromatic N) is 1. The molecule has 4 nitrogen and oxygen atoms in total. The van der Waals surface area contributed by atoms with Gasteiger partial charge in [0.25, 0.3) is 0 Å². The summed E-state index contributed by atoms with van der Waals surface area (Å²) in [5, 5.41) is 0. The zero-order valence-corrected chi connectivity index (χ0v) is 10.7. The van der Waals surface area contributed by atoms with Crippen molar-refractivity contribution >= 4 is 0 Å². The molecule has 0 aromatic heterocycles. The summed E-state index contributed by atoms with van der Waals surface area (Å²) in [6, 6.07) is 0.345. The normalized spacial score (nSPS) is 24.6. The Kier molecular flexibility index (Phi) is 6.96. The van der Waals surface area contributed by atoms with Crippen LogP contribution < -0.4 is 5.73 Å². The molecule has 0 amide bonds. The summed E-state index contributed by atoms with van der Waals surface area (Å²) in [5.74, 6) is 0. The van der Waals surface area contributed by atoms with Crippen LogP contribution in [0.2, 0.25) is 0 Å². The quantitative estimate of drug-likeness (QED) is 0.704. The van der Waals surface area contributed by atoms with Crippen LogP contribution in [0.3, 0.4) is 0 Å². The molecule has 1 saturated heterocycles. The number of rotatable bonds is 7. The van der Waals surface area contributed by atoms with Crippen LogP contribution in [0.25, 0.3) is 0 Å². The Labute approximate surface area is 99.1 Å². The smallest absolute Gasteiger partial charge is 0.0702 e. The molecular formula is C12H26N2O2. The van der Waals surface area contributed by atoms with Gasteiger partial charge in [-0.2, -0.15) is 0 Å². The summed E-state index contributed by atoms with van der Waals surface area (Å²) in [5.41, 5.74) is 5.77. The number of nitrogens with two attached hydrogens (primary N) is 1. The number of methoxy groups -OCH3 is 1. The lowest BCUT2D eigenvalue weighted by molar-refractivity contribution is -0.0219. The van der Waals surface area contributed by atoms with Crippen molar-refractivity contribution in [1.82, 2.24) is 4.90 Å². The van der Waals surface area contributed by atoms with Gasteiger partial charge in [0, 0.05) is 32.8 Å². The number of hydrogen-bond acceptors (Lipinski definition) is 4. The molecular weight excluding hydrogens is 204 g/mol. The summed E-state index contributed by atoms with van der Waals surface area (Å²) in [4.78, 5) is 2.41. The number of piperidine rings is 1. The van der Waals surface area contributed by atoms with Crippen LogP contribution in [0.5, 0.6) is 0 Å². The van der Waals surface area contributed by atoms with Gasteiger partial charge >= 0.3 is 0 Å². The van der Waals surface area contributed by atoms with E-state index < -0.39 is 0 Å². The standard InChI is InChI=1S/C12H26N2O2/c1-3-7-16-12-5-4-6-14(9-12)11(8-13)10-15-2/h11-12H,3-10,13H2,1-2H3. The summed E-state index contributed by atoms with van der Waals surface area (Å²) >= 11 is 0. The second-order valence-corrected chi connectivity index (χ2v) is 4.47. The molecule has 0 spiro atoms. The molecule has 1 heterocycles. The lowest BCUT2D eigenvalue weighted by atomic mass is 10.1. The van der Waals surface area contributed by atoms with Crippen LogP contribution in [-0.4, -0.2) is 57.0 Å². The maximum atomic E-state index is 5.81. The molecule has 96 valence electrons. The lowest BCUT2D eigenvalue weighted by Gasteiger charge is -2.37. The van der Waals surface area contributed by atoms with E-state index in [1.807, 2.05) is 0 Å². The van der Waals surface area contributed by atoms with Crippen LogP contribution in [-0.2, 0) is 9.47 Å². The van der Waals surface area contributed by atoms with E-state index in [4.69, 9.17) is 15.2 Å². The fourth-order valence-electron chi connectivity index (χ4n) is 2.23. The van der Waals surface area contributed by atoms with Crippen molar-refractivity contribution in [2.75, 3.05) is 40.0 Å². The molecule has 1 rings (SSSR count). The monoisotopic (exact) mass is 230 g/mol. The summed E-state index contributed by atoms with van der Waals surface area (Å²) in [6.07, 6.45) is 3.86. The Morgan fingerprint density at radius 1 is 1.50 bits per heavy atom. The number of ether oxygens (including phenoxy) is 2. The maximum Gasteiger partial charge on any atom is 0.0702 e. The summed E-state index contributed by atoms with van der Waals surface area (Å²) in [7, 11) is 1.73. The molecule has 2 N–H and O–H groups in total. The third kappa shape index (κ3) is 4.37. The van der Waals surface area contributed by atoms with Gasteiger partial charge in [0.15, 0.2) is 0 Å². The van der Waals surface area contributed by atoms with E-state index in [9.17, 15) is 0 Å². The molecule has 0 aromatic rings. The van der Waals surface area contributed by atoms with Gasteiger partial charge in [-0.15, -0.1) is 0 Å². The molecule has 0 bridgehead atoms. The predicted molar refractivity (Wildman–Crippen MR) is 65.6 cm³/mol. The molecule has 2 atom stereocenters. The van der Waals surface area contributed by atoms with Gasteiger partial charge in [-0.05, 0) is 25.8 Å². The van der Waals surface area contributed by atoms with Crippen LogP contribution in [0, 0.1) is 0 Å². The third-order valence-electron chi connectivity index (χ3n) is 3.11. The van der Waals surface area contributed by atoms with E-state index in [1.165, 1.54) is 12.8 Å². The molecule has 2 unspecified atom stereocenters. The minimum Gasteiger partial charge on any atom is -0.383 e. The molecule has 1 fully saturated rings. The fourth-order valence-corrected chi connectivity index (χ4v) is 2.23. The van der Waals surface area contributed by atoms with Gasteiger partial charge in [-0.1, -0.05) is 6.92 Å². The summed E-state index contributed by atoms with van der Waals surface area (Å²) in [6.45, 7) is 6.53. The fraction of sp³-hybridized carbons (Fsp3) is 1.00. The van der Waals surface area contributed by atoms with E-state index in [2.05, 4.69) is 11.8 Å². The van der Waals surface area contributed by atoms with Crippen molar-refractivity contribution < 1.29 is 9.47 Å². The molecule has 16 heavy (non-hydrogen) atoms. The first kappa shape index (κ1) is 13.9. The highest BCUT2D eigenvalue weighted by molar-refractivity contribution is 4.80. The van der Waals surface area contributed by atoms with E-state index in [1.54, 1.807) is 7.11 Å².